The fraction of sp³-hybridized carbons (Fsp3) is 0.278. The zero-order valence-electron chi connectivity index (χ0n) is 14.3. The minimum absolute atomic E-state index is 0.203. The van der Waals surface area contributed by atoms with Crippen LogP contribution >= 0.6 is 0 Å². The van der Waals surface area contributed by atoms with E-state index in [0.29, 0.717) is 23.6 Å². The minimum Gasteiger partial charge on any atom is -0.446 e. The van der Waals surface area contributed by atoms with Crippen molar-refractivity contribution >= 4 is 23.5 Å². The van der Waals surface area contributed by atoms with Crippen LogP contribution in [0, 0.1) is 0 Å². The Kier molecular flexibility index (Phi) is 3.52. The lowest BCUT2D eigenvalue weighted by Crippen LogP contribution is -2.29. The molecule has 0 aromatic carbocycles. The first-order valence-electron chi connectivity index (χ1n) is 8.75. The number of carbonyl (C=O) groups is 2. The van der Waals surface area contributed by atoms with E-state index in [-0.39, 0.29) is 18.6 Å². The average molecular weight is 364 g/mol. The number of hydrogen-bond donors (Lipinski definition) is 1. The Morgan fingerprint density at radius 3 is 3.04 bits per heavy atom. The van der Waals surface area contributed by atoms with E-state index < -0.39 is 6.09 Å². The van der Waals surface area contributed by atoms with Gasteiger partial charge in [-0.1, -0.05) is 6.07 Å². The number of aryl methyl sites for hydroxylation is 1. The van der Waals surface area contributed by atoms with Gasteiger partial charge in [0.15, 0.2) is 5.65 Å². The second kappa shape index (κ2) is 6.04. The number of pyridine rings is 1. The first kappa shape index (κ1) is 15.7. The van der Waals surface area contributed by atoms with Crippen LogP contribution in [-0.4, -0.2) is 44.7 Å². The van der Waals surface area contributed by atoms with Crippen LogP contribution in [0.25, 0.3) is 5.65 Å². The number of nitrogens with zero attached hydrogens (tertiary/aromatic N) is 5. The van der Waals surface area contributed by atoms with Crippen molar-refractivity contribution in [3.63, 3.8) is 0 Å². The second-order valence-corrected chi connectivity index (χ2v) is 6.49. The number of aromatic nitrogens is 4. The van der Waals surface area contributed by atoms with Crippen LogP contribution in [0.1, 0.15) is 34.2 Å². The highest BCUT2D eigenvalue weighted by atomic mass is 16.6. The Morgan fingerprint density at radius 1 is 1.19 bits per heavy atom. The van der Waals surface area contributed by atoms with E-state index in [9.17, 15) is 9.59 Å². The Hall–Kier alpha value is -3.49. The normalized spacial score (nSPS) is 19.6. The van der Waals surface area contributed by atoms with E-state index in [1.54, 1.807) is 12.3 Å². The van der Waals surface area contributed by atoms with E-state index in [1.165, 1.54) is 15.6 Å². The van der Waals surface area contributed by atoms with Crippen molar-refractivity contribution in [2.24, 2.45) is 0 Å². The topological polar surface area (TPSA) is 102 Å². The maximum Gasteiger partial charge on any atom is 0.416 e. The summed E-state index contributed by atoms with van der Waals surface area (Å²) >= 11 is 0. The molecule has 9 nitrogen and oxygen atoms in total. The van der Waals surface area contributed by atoms with Crippen molar-refractivity contribution in [3.8, 4) is 0 Å². The quantitative estimate of drug-likeness (QED) is 0.649. The Bertz CT molecular complexity index is 1060. The van der Waals surface area contributed by atoms with Crippen LogP contribution in [0.5, 0.6) is 0 Å². The first-order chi connectivity index (χ1) is 13.2. The molecule has 3 aromatic heterocycles. The zero-order valence-corrected chi connectivity index (χ0v) is 14.3. The van der Waals surface area contributed by atoms with Gasteiger partial charge in [-0.05, 0) is 31.0 Å². The maximum atomic E-state index is 12.5. The van der Waals surface area contributed by atoms with Crippen molar-refractivity contribution in [1.29, 1.82) is 0 Å². The van der Waals surface area contributed by atoms with Gasteiger partial charge in [0.25, 0.3) is 5.91 Å². The largest absolute Gasteiger partial charge is 0.446 e. The molecule has 2 aliphatic rings. The third-order valence-corrected chi connectivity index (χ3v) is 4.78. The number of amides is 2. The standard InChI is InChI=1S/C18H16N6O3/c25-17-12-9-20-23-8-6-15(22-16(12)23)24-14(10-27-18(24)26)13-5-1-3-11(21-13)4-2-7-19-17/h1,3,5-6,8-9,14H,2,4,7,10H2,(H,19,25). The fourth-order valence-corrected chi connectivity index (χ4v) is 3.44. The molecule has 136 valence electrons. The smallest absolute Gasteiger partial charge is 0.416 e. The fourth-order valence-electron chi connectivity index (χ4n) is 3.44. The summed E-state index contributed by atoms with van der Waals surface area (Å²) in [6.45, 7) is 0.730. The summed E-state index contributed by atoms with van der Waals surface area (Å²) in [6.07, 6.45) is 4.15. The van der Waals surface area contributed by atoms with Gasteiger partial charge in [-0.15, -0.1) is 0 Å². The number of hydrogen-bond acceptors (Lipinski definition) is 6. The van der Waals surface area contributed by atoms with Gasteiger partial charge in [-0.25, -0.2) is 19.2 Å². The van der Waals surface area contributed by atoms with Gasteiger partial charge in [0, 0.05) is 18.4 Å². The molecule has 5 heterocycles. The third-order valence-electron chi connectivity index (χ3n) is 4.78. The summed E-state index contributed by atoms with van der Waals surface area (Å²) in [5, 5.41) is 7.06. The molecule has 4 bridgehead atoms. The molecule has 2 aliphatic heterocycles. The number of carbonyl (C=O) groups excluding carboxylic acids is 2. The number of anilines is 1. The van der Waals surface area contributed by atoms with Gasteiger partial charge < -0.3 is 10.1 Å². The lowest BCUT2D eigenvalue weighted by molar-refractivity contribution is 0.0954. The van der Waals surface area contributed by atoms with E-state index in [2.05, 4.69) is 15.4 Å². The van der Waals surface area contributed by atoms with Crippen molar-refractivity contribution in [2.75, 3.05) is 18.1 Å². The summed E-state index contributed by atoms with van der Waals surface area (Å²) in [5.41, 5.74) is 2.43. The molecule has 1 saturated heterocycles. The molecule has 0 aliphatic carbocycles. The molecule has 3 aromatic rings. The Balaban J connectivity index is 1.68. The summed E-state index contributed by atoms with van der Waals surface area (Å²) in [7, 11) is 0. The monoisotopic (exact) mass is 364 g/mol. The van der Waals surface area contributed by atoms with Gasteiger partial charge in [-0.2, -0.15) is 5.10 Å². The molecule has 0 spiro atoms. The highest BCUT2D eigenvalue weighted by Crippen LogP contribution is 2.31. The van der Waals surface area contributed by atoms with Gasteiger partial charge in [0.05, 0.1) is 11.9 Å². The van der Waals surface area contributed by atoms with Crippen molar-refractivity contribution in [2.45, 2.75) is 18.9 Å². The predicted octanol–water partition coefficient (Wildman–Crippen LogP) is 1.50. The van der Waals surface area contributed by atoms with Gasteiger partial charge in [0.1, 0.15) is 24.0 Å². The molecular weight excluding hydrogens is 348 g/mol. The molecule has 5 rings (SSSR count). The van der Waals surface area contributed by atoms with Crippen LogP contribution in [0.4, 0.5) is 10.6 Å². The highest BCUT2D eigenvalue weighted by Gasteiger charge is 2.37. The zero-order chi connectivity index (χ0) is 18.4. The van der Waals surface area contributed by atoms with Crippen molar-refractivity contribution in [3.05, 3.63) is 53.6 Å². The molecule has 1 N–H and O–H groups in total. The molecule has 1 fully saturated rings. The number of rotatable bonds is 0. The van der Waals surface area contributed by atoms with Crippen LogP contribution in [0.3, 0.4) is 0 Å². The molecule has 1 atom stereocenters. The Morgan fingerprint density at radius 2 is 2.11 bits per heavy atom. The second-order valence-electron chi connectivity index (χ2n) is 6.49. The SMILES string of the molecule is O=C1NCCCc2cccc(n2)C2COC(=O)N2c2ccn3ncc1c3n2. The van der Waals surface area contributed by atoms with Crippen LogP contribution in [0.2, 0.25) is 0 Å². The lowest BCUT2D eigenvalue weighted by Gasteiger charge is -2.20. The van der Waals surface area contributed by atoms with Gasteiger partial charge in [-0.3, -0.25) is 9.78 Å². The van der Waals surface area contributed by atoms with Crippen molar-refractivity contribution in [1.82, 2.24) is 24.9 Å². The number of fused-ring (bicyclic) bond motifs is 6. The predicted molar refractivity (Wildman–Crippen MR) is 94.4 cm³/mol. The van der Waals surface area contributed by atoms with Crippen molar-refractivity contribution < 1.29 is 14.3 Å². The van der Waals surface area contributed by atoms with E-state index >= 15 is 0 Å². The molecule has 1 unspecified atom stereocenters. The third kappa shape index (κ3) is 2.59. The molecule has 27 heavy (non-hydrogen) atoms. The van der Waals surface area contributed by atoms with Crippen LogP contribution in [-0.2, 0) is 11.2 Å². The van der Waals surface area contributed by atoms with Crippen LogP contribution < -0.4 is 10.2 Å². The lowest BCUT2D eigenvalue weighted by atomic mass is 10.1. The van der Waals surface area contributed by atoms with Gasteiger partial charge in [0.2, 0.25) is 0 Å². The summed E-state index contributed by atoms with van der Waals surface area (Å²) in [5.74, 6) is 0.155. The highest BCUT2D eigenvalue weighted by molar-refractivity contribution is 6.00. The molecule has 0 saturated carbocycles. The molecule has 0 radical (unpaired) electrons. The summed E-state index contributed by atoms with van der Waals surface area (Å²) < 4.78 is 6.79. The number of nitrogens with one attached hydrogen (secondary N) is 1. The number of ether oxygens (including phenoxy) is 1. The van der Waals surface area contributed by atoms with E-state index in [4.69, 9.17) is 9.72 Å². The van der Waals surface area contributed by atoms with E-state index in [1.807, 2.05) is 18.2 Å². The molecular formula is C18H16N6O3. The molecule has 2 amide bonds. The number of cyclic esters (lactones) is 1. The van der Waals surface area contributed by atoms with E-state index in [0.717, 1.165) is 24.2 Å². The van der Waals surface area contributed by atoms with Crippen LogP contribution in [0.15, 0.2) is 36.7 Å². The average Bonchev–Trinajstić information content (AvgIpc) is 3.27. The first-order valence-corrected chi connectivity index (χ1v) is 8.75. The maximum absolute atomic E-state index is 12.5. The Labute approximate surface area is 154 Å². The van der Waals surface area contributed by atoms with Gasteiger partial charge >= 0.3 is 6.09 Å². The summed E-state index contributed by atoms with van der Waals surface area (Å²) in [6, 6.07) is 7.07. The molecule has 9 heteroatoms. The summed E-state index contributed by atoms with van der Waals surface area (Å²) in [4.78, 5) is 35.6. The minimum atomic E-state index is -0.485.